The number of aliphatic hydroxyl groups is 1. The number of nitrogens with zero attached hydrogens (tertiary/aromatic N) is 4. The Morgan fingerprint density at radius 2 is 1.89 bits per heavy atom. The van der Waals surface area contributed by atoms with Gasteiger partial charge in [-0.15, -0.1) is 0 Å². The third-order valence-electron chi connectivity index (χ3n) is 6.18. The number of unbranched alkanes of at least 4 members (excludes halogenated alkanes) is 1. The van der Waals surface area contributed by atoms with Crippen molar-refractivity contribution in [3.8, 4) is 5.75 Å². The summed E-state index contributed by atoms with van der Waals surface area (Å²) in [6.45, 7) is 2.50. The number of fused-ring (bicyclic) bond motifs is 2. The van der Waals surface area contributed by atoms with Crippen molar-refractivity contribution in [1.29, 1.82) is 0 Å². The fraction of sp³-hybridized carbons (Fsp3) is 0.296. The van der Waals surface area contributed by atoms with Crippen LogP contribution >= 0.6 is 0 Å². The molecule has 0 saturated heterocycles. The fourth-order valence-corrected chi connectivity index (χ4v) is 4.32. The summed E-state index contributed by atoms with van der Waals surface area (Å²) in [6, 6.07) is 17.2. The molecule has 0 fully saturated rings. The van der Waals surface area contributed by atoms with E-state index >= 15 is 0 Å². The Bertz CT molecular complexity index is 1600. The first-order chi connectivity index (χ1) is 17.5. The molecule has 0 radical (unpaired) electrons. The number of aliphatic hydroxyl groups excluding tert-OH is 1. The van der Waals surface area contributed by atoms with Crippen molar-refractivity contribution in [2.45, 2.75) is 45.5 Å². The van der Waals surface area contributed by atoms with Gasteiger partial charge in [0.15, 0.2) is 11.2 Å². The fourth-order valence-electron chi connectivity index (χ4n) is 4.32. The Kier molecular flexibility index (Phi) is 6.73. The predicted molar refractivity (Wildman–Crippen MR) is 136 cm³/mol. The van der Waals surface area contributed by atoms with E-state index < -0.39 is 17.4 Å². The Morgan fingerprint density at radius 1 is 1.06 bits per heavy atom. The molecule has 1 atom stereocenters. The van der Waals surface area contributed by atoms with Crippen LogP contribution in [0.1, 0.15) is 25.5 Å². The molecule has 0 aliphatic heterocycles. The molecule has 0 unspecified atom stereocenters. The van der Waals surface area contributed by atoms with Crippen LogP contribution in [0.2, 0.25) is 0 Å². The van der Waals surface area contributed by atoms with Gasteiger partial charge in [-0.2, -0.15) is 0 Å². The van der Waals surface area contributed by atoms with E-state index in [9.17, 15) is 14.7 Å². The lowest BCUT2D eigenvalue weighted by molar-refractivity contribution is 0.0902. The highest BCUT2D eigenvalue weighted by molar-refractivity contribution is 5.83. The molecule has 5 aromatic rings. The maximum absolute atomic E-state index is 13.4. The molecule has 0 amide bonds. The van der Waals surface area contributed by atoms with Gasteiger partial charge in [0, 0.05) is 6.54 Å². The molecule has 5 rings (SSSR count). The zero-order valence-electron chi connectivity index (χ0n) is 20.0. The van der Waals surface area contributed by atoms with Crippen LogP contribution in [0, 0.1) is 0 Å². The van der Waals surface area contributed by atoms with Crippen molar-refractivity contribution in [2.24, 2.45) is 0 Å². The van der Waals surface area contributed by atoms with Crippen molar-refractivity contribution in [1.82, 2.24) is 18.7 Å². The van der Waals surface area contributed by atoms with Crippen LogP contribution in [0.5, 0.6) is 5.75 Å². The van der Waals surface area contributed by atoms with Crippen molar-refractivity contribution in [3.63, 3.8) is 0 Å². The zero-order valence-corrected chi connectivity index (χ0v) is 20.0. The van der Waals surface area contributed by atoms with Crippen LogP contribution in [0.15, 0.2) is 81.2 Å². The molecule has 0 bridgehead atoms. The second-order valence-corrected chi connectivity index (χ2v) is 8.80. The van der Waals surface area contributed by atoms with E-state index in [-0.39, 0.29) is 13.2 Å². The minimum atomic E-state index is -1.07. The molecule has 0 aliphatic carbocycles. The number of aromatic nitrogens is 4. The summed E-state index contributed by atoms with van der Waals surface area (Å²) in [6.07, 6.45) is 3.67. The van der Waals surface area contributed by atoms with E-state index in [0.717, 1.165) is 28.2 Å². The maximum atomic E-state index is 13.4. The first-order valence-electron chi connectivity index (χ1n) is 12.1. The first-order valence-corrected chi connectivity index (χ1v) is 12.1. The van der Waals surface area contributed by atoms with Gasteiger partial charge in [0.05, 0.1) is 25.7 Å². The van der Waals surface area contributed by atoms with Crippen LogP contribution in [-0.4, -0.2) is 36.5 Å². The topological polar surface area (TPSA) is 104 Å². The Morgan fingerprint density at radius 3 is 2.67 bits per heavy atom. The largest absolute Gasteiger partial charge is 0.491 e. The third-order valence-corrected chi connectivity index (χ3v) is 6.18. The number of imidazole rings is 1. The highest BCUT2D eigenvalue weighted by Crippen LogP contribution is 2.20. The van der Waals surface area contributed by atoms with Gasteiger partial charge in [-0.25, -0.2) is 9.78 Å². The molecular weight excluding hydrogens is 460 g/mol. The molecule has 0 aliphatic rings. The SMILES string of the molecule is CCCCn1c(=O)n(C[C@@H](O)COc2ccc3ccccc3c2)c(=O)c2c1ncn2Cc1ccco1. The zero-order chi connectivity index (χ0) is 25.1. The van der Waals surface area contributed by atoms with Gasteiger partial charge in [-0.3, -0.25) is 13.9 Å². The minimum Gasteiger partial charge on any atom is -0.491 e. The van der Waals surface area contributed by atoms with E-state index in [1.165, 1.54) is 4.57 Å². The smallest absolute Gasteiger partial charge is 0.332 e. The number of ether oxygens (including phenoxy) is 1. The van der Waals surface area contributed by atoms with Gasteiger partial charge < -0.3 is 18.8 Å². The summed E-state index contributed by atoms with van der Waals surface area (Å²) in [5.41, 5.74) is -0.363. The summed E-state index contributed by atoms with van der Waals surface area (Å²) < 4.78 is 15.5. The standard InChI is InChI=1S/C27H28N4O5/c1-2-3-12-30-25-24(29(18-28-25)16-23-9-6-13-35-23)26(33)31(27(30)34)15-21(32)17-36-22-11-10-19-7-4-5-8-20(19)14-22/h4-11,13-14,18,21,32H,2-3,12,15-17H2,1H3/t21-/m1/s1. The summed E-state index contributed by atoms with van der Waals surface area (Å²) >= 11 is 0. The Balaban J connectivity index is 1.43. The molecule has 3 aromatic heterocycles. The average Bonchev–Trinajstić information content (AvgIpc) is 3.56. The van der Waals surface area contributed by atoms with Gasteiger partial charge in [-0.05, 0) is 41.5 Å². The van der Waals surface area contributed by atoms with Gasteiger partial charge >= 0.3 is 5.69 Å². The molecule has 36 heavy (non-hydrogen) atoms. The maximum Gasteiger partial charge on any atom is 0.332 e. The van der Waals surface area contributed by atoms with Gasteiger partial charge in [0.1, 0.15) is 24.2 Å². The average molecular weight is 489 g/mol. The number of benzene rings is 2. The number of aryl methyl sites for hydroxylation is 1. The third kappa shape index (κ3) is 4.70. The lowest BCUT2D eigenvalue weighted by atomic mass is 10.1. The summed E-state index contributed by atoms with van der Waals surface area (Å²) in [5.74, 6) is 1.27. The van der Waals surface area contributed by atoms with E-state index in [2.05, 4.69) is 4.98 Å². The van der Waals surface area contributed by atoms with E-state index in [1.807, 2.05) is 55.5 Å². The molecule has 9 heteroatoms. The molecule has 0 saturated carbocycles. The van der Waals surface area contributed by atoms with Crippen molar-refractivity contribution < 1.29 is 14.3 Å². The van der Waals surface area contributed by atoms with E-state index in [1.54, 1.807) is 23.2 Å². The lowest BCUT2D eigenvalue weighted by Crippen LogP contribution is -2.44. The number of furan rings is 1. The van der Waals surface area contributed by atoms with Crippen molar-refractivity contribution in [3.05, 3.63) is 93.8 Å². The normalized spacial score (nSPS) is 12.4. The molecule has 3 heterocycles. The van der Waals surface area contributed by atoms with E-state index in [4.69, 9.17) is 9.15 Å². The molecule has 186 valence electrons. The highest BCUT2D eigenvalue weighted by atomic mass is 16.5. The molecule has 9 nitrogen and oxygen atoms in total. The molecular formula is C27H28N4O5. The van der Waals surface area contributed by atoms with E-state index in [0.29, 0.717) is 35.8 Å². The van der Waals surface area contributed by atoms with Crippen LogP contribution in [0.25, 0.3) is 21.9 Å². The summed E-state index contributed by atoms with van der Waals surface area (Å²) in [7, 11) is 0. The van der Waals surface area contributed by atoms with Gasteiger partial charge in [0.2, 0.25) is 0 Å². The first kappa shape index (κ1) is 23.6. The molecule has 2 aromatic carbocycles. The quantitative estimate of drug-likeness (QED) is 0.323. The molecule has 1 N–H and O–H groups in total. The summed E-state index contributed by atoms with van der Waals surface area (Å²) in [5, 5.41) is 12.8. The second kappa shape index (κ2) is 10.2. The number of hydrogen-bond acceptors (Lipinski definition) is 6. The number of rotatable bonds is 10. The minimum absolute atomic E-state index is 0.0666. The Labute approximate surface area is 206 Å². The van der Waals surface area contributed by atoms with Crippen molar-refractivity contribution in [2.75, 3.05) is 6.61 Å². The van der Waals surface area contributed by atoms with Crippen molar-refractivity contribution >= 4 is 21.9 Å². The van der Waals surface area contributed by atoms with Crippen LogP contribution in [0.4, 0.5) is 0 Å². The molecule has 0 spiro atoms. The van der Waals surface area contributed by atoms with Gasteiger partial charge in [0.25, 0.3) is 5.56 Å². The van der Waals surface area contributed by atoms with Crippen LogP contribution in [-0.2, 0) is 19.6 Å². The number of hydrogen-bond donors (Lipinski definition) is 1. The predicted octanol–water partition coefficient (Wildman–Crippen LogP) is 3.39. The monoisotopic (exact) mass is 488 g/mol. The van der Waals surface area contributed by atoms with Gasteiger partial charge in [-0.1, -0.05) is 43.7 Å². The van der Waals surface area contributed by atoms with Crippen LogP contribution < -0.4 is 16.0 Å². The second-order valence-electron chi connectivity index (χ2n) is 8.80. The van der Waals surface area contributed by atoms with Crippen LogP contribution in [0.3, 0.4) is 0 Å². The Hall–Kier alpha value is -4.11. The summed E-state index contributed by atoms with van der Waals surface area (Å²) in [4.78, 5) is 31.1. The highest BCUT2D eigenvalue weighted by Gasteiger charge is 2.20. The lowest BCUT2D eigenvalue weighted by Gasteiger charge is -2.16.